The fourth-order valence-electron chi connectivity index (χ4n) is 4.63. The number of aliphatic imine (C=N–C) groups is 1. The van der Waals surface area contributed by atoms with Crippen LogP contribution in [0.1, 0.15) is 59.3 Å². The van der Waals surface area contributed by atoms with Crippen LogP contribution in [0.4, 0.5) is 0 Å². The average molecular weight is 366 g/mol. The largest absolute Gasteiger partial charge is 0.356 e. The lowest BCUT2D eigenvalue weighted by atomic mass is 9.78. The topological polar surface area (TPSA) is 34.1 Å². The number of likely N-dealkylation sites (N-methyl/N-ethyl adjacent to an activating group) is 1. The van der Waals surface area contributed by atoms with Crippen molar-refractivity contribution in [1.82, 2.24) is 20.0 Å². The maximum Gasteiger partial charge on any atom is 0.193 e. The molecule has 2 rings (SSSR count). The third-order valence-corrected chi connectivity index (χ3v) is 6.24. The molecule has 152 valence electrons. The molecule has 1 atom stereocenters. The molecule has 0 aliphatic carbocycles. The highest BCUT2D eigenvalue weighted by Gasteiger charge is 2.31. The van der Waals surface area contributed by atoms with Gasteiger partial charge in [-0.15, -0.1) is 0 Å². The third-order valence-electron chi connectivity index (χ3n) is 6.24. The van der Waals surface area contributed by atoms with Gasteiger partial charge in [0, 0.05) is 52.9 Å². The van der Waals surface area contributed by atoms with Crippen molar-refractivity contribution in [2.45, 2.75) is 59.3 Å². The van der Waals surface area contributed by atoms with Gasteiger partial charge in [-0.25, -0.2) is 0 Å². The van der Waals surface area contributed by atoms with Crippen LogP contribution in [-0.4, -0.2) is 86.6 Å². The van der Waals surface area contributed by atoms with E-state index in [0.29, 0.717) is 5.41 Å². The van der Waals surface area contributed by atoms with Gasteiger partial charge in [-0.3, -0.25) is 4.99 Å². The first kappa shape index (κ1) is 21.5. The lowest BCUT2D eigenvalue weighted by Gasteiger charge is -2.42. The van der Waals surface area contributed by atoms with Crippen LogP contribution >= 0.6 is 0 Å². The molecular weight excluding hydrogens is 322 g/mol. The number of unbranched alkanes of at least 4 members (excludes halogenated alkanes) is 1. The van der Waals surface area contributed by atoms with E-state index < -0.39 is 0 Å². The smallest absolute Gasteiger partial charge is 0.193 e. The second kappa shape index (κ2) is 11.1. The quantitative estimate of drug-likeness (QED) is 0.407. The molecule has 0 aromatic rings. The van der Waals surface area contributed by atoms with Crippen molar-refractivity contribution < 1.29 is 0 Å². The van der Waals surface area contributed by atoms with Crippen molar-refractivity contribution in [1.29, 1.82) is 0 Å². The maximum absolute atomic E-state index is 4.56. The molecule has 0 spiro atoms. The molecule has 5 nitrogen and oxygen atoms in total. The second-order valence-corrected chi connectivity index (χ2v) is 8.54. The molecule has 5 heteroatoms. The Hall–Kier alpha value is -0.810. The Morgan fingerprint density at radius 3 is 2.42 bits per heavy atom. The van der Waals surface area contributed by atoms with Gasteiger partial charge in [0.2, 0.25) is 0 Å². The van der Waals surface area contributed by atoms with Gasteiger partial charge in [-0.2, -0.15) is 0 Å². The molecule has 0 bridgehead atoms. The third kappa shape index (κ3) is 6.73. The lowest BCUT2D eigenvalue weighted by molar-refractivity contribution is 0.135. The SMILES string of the molecule is CCCC1(C)CCCN(C(=NC)NCCCCN2CCN(CC)CC2)C1. The van der Waals surface area contributed by atoms with E-state index in [9.17, 15) is 0 Å². The summed E-state index contributed by atoms with van der Waals surface area (Å²) in [5.74, 6) is 1.11. The summed E-state index contributed by atoms with van der Waals surface area (Å²) in [6.45, 7) is 17.8. The number of nitrogens with one attached hydrogen (secondary N) is 1. The highest BCUT2D eigenvalue weighted by atomic mass is 15.3. The van der Waals surface area contributed by atoms with Crippen molar-refractivity contribution in [3.63, 3.8) is 0 Å². The molecule has 26 heavy (non-hydrogen) atoms. The van der Waals surface area contributed by atoms with E-state index in [0.717, 1.165) is 25.6 Å². The van der Waals surface area contributed by atoms with Gasteiger partial charge in [0.05, 0.1) is 0 Å². The summed E-state index contributed by atoms with van der Waals surface area (Å²) >= 11 is 0. The Labute approximate surface area is 162 Å². The predicted octanol–water partition coefficient (Wildman–Crippen LogP) is 2.88. The van der Waals surface area contributed by atoms with Crippen LogP contribution < -0.4 is 5.32 Å². The van der Waals surface area contributed by atoms with Gasteiger partial charge in [-0.1, -0.05) is 27.2 Å². The summed E-state index contributed by atoms with van der Waals surface area (Å²) in [7, 11) is 1.93. The Morgan fingerprint density at radius 2 is 1.77 bits per heavy atom. The van der Waals surface area contributed by atoms with Crippen molar-refractivity contribution in [2.24, 2.45) is 10.4 Å². The normalized spacial score (nSPS) is 26.3. The van der Waals surface area contributed by atoms with E-state index in [4.69, 9.17) is 0 Å². The van der Waals surface area contributed by atoms with Crippen LogP contribution in [0.15, 0.2) is 4.99 Å². The summed E-state index contributed by atoms with van der Waals surface area (Å²) in [6.07, 6.45) is 7.77. The van der Waals surface area contributed by atoms with Crippen LogP contribution in [0.5, 0.6) is 0 Å². The molecule has 1 N–H and O–H groups in total. The summed E-state index contributed by atoms with van der Waals surface area (Å²) in [6, 6.07) is 0. The van der Waals surface area contributed by atoms with Crippen LogP contribution in [0.3, 0.4) is 0 Å². The minimum atomic E-state index is 0.464. The lowest BCUT2D eigenvalue weighted by Crippen LogP contribution is -2.50. The number of piperazine rings is 1. The van der Waals surface area contributed by atoms with Crippen molar-refractivity contribution in [3.8, 4) is 0 Å². The van der Waals surface area contributed by atoms with Gasteiger partial charge >= 0.3 is 0 Å². The van der Waals surface area contributed by atoms with Crippen LogP contribution in [0.25, 0.3) is 0 Å². The van der Waals surface area contributed by atoms with Gasteiger partial charge in [-0.05, 0) is 50.6 Å². The molecule has 0 saturated carbocycles. The predicted molar refractivity (Wildman–Crippen MR) is 113 cm³/mol. The Balaban J connectivity index is 1.63. The molecule has 2 aliphatic rings. The average Bonchev–Trinajstić information content (AvgIpc) is 2.65. The van der Waals surface area contributed by atoms with Gasteiger partial charge < -0.3 is 20.0 Å². The number of guanidine groups is 1. The molecule has 0 aromatic carbocycles. The first-order chi connectivity index (χ1) is 12.6. The minimum Gasteiger partial charge on any atom is -0.356 e. The van der Waals surface area contributed by atoms with E-state index in [1.54, 1.807) is 0 Å². The number of hydrogen-bond donors (Lipinski definition) is 1. The van der Waals surface area contributed by atoms with Crippen molar-refractivity contribution in [3.05, 3.63) is 0 Å². The zero-order valence-electron chi connectivity index (χ0n) is 17.9. The van der Waals surface area contributed by atoms with Crippen LogP contribution in [0, 0.1) is 5.41 Å². The van der Waals surface area contributed by atoms with Gasteiger partial charge in [0.15, 0.2) is 5.96 Å². The first-order valence-electron chi connectivity index (χ1n) is 11.0. The molecule has 2 saturated heterocycles. The van der Waals surface area contributed by atoms with Crippen LogP contribution in [-0.2, 0) is 0 Å². The second-order valence-electron chi connectivity index (χ2n) is 8.54. The molecule has 0 radical (unpaired) electrons. The summed E-state index contributed by atoms with van der Waals surface area (Å²) in [5.41, 5.74) is 0.464. The van der Waals surface area contributed by atoms with Gasteiger partial charge in [0.1, 0.15) is 0 Å². The maximum atomic E-state index is 4.56. The number of nitrogens with zero attached hydrogens (tertiary/aromatic N) is 4. The molecule has 2 aliphatic heterocycles. The zero-order chi connectivity index (χ0) is 18.8. The summed E-state index contributed by atoms with van der Waals surface area (Å²) in [5, 5.41) is 3.62. The Morgan fingerprint density at radius 1 is 1.04 bits per heavy atom. The van der Waals surface area contributed by atoms with Crippen LogP contribution in [0.2, 0.25) is 0 Å². The molecule has 2 fully saturated rings. The fourth-order valence-corrected chi connectivity index (χ4v) is 4.63. The fraction of sp³-hybridized carbons (Fsp3) is 0.952. The Bertz CT molecular complexity index is 413. The number of rotatable bonds is 8. The number of piperidine rings is 1. The Kier molecular flexibility index (Phi) is 9.20. The van der Waals surface area contributed by atoms with Crippen molar-refractivity contribution in [2.75, 3.05) is 66.0 Å². The molecule has 2 heterocycles. The highest BCUT2D eigenvalue weighted by molar-refractivity contribution is 5.80. The van der Waals surface area contributed by atoms with E-state index in [2.05, 4.69) is 45.8 Å². The van der Waals surface area contributed by atoms with E-state index in [1.807, 2.05) is 7.05 Å². The minimum absolute atomic E-state index is 0.464. The molecular formula is C21H43N5. The van der Waals surface area contributed by atoms with Crippen molar-refractivity contribution >= 4 is 5.96 Å². The highest BCUT2D eigenvalue weighted by Crippen LogP contribution is 2.33. The summed E-state index contributed by atoms with van der Waals surface area (Å²) < 4.78 is 0. The van der Waals surface area contributed by atoms with Gasteiger partial charge in [0.25, 0.3) is 0 Å². The molecule has 0 amide bonds. The van der Waals surface area contributed by atoms with E-state index in [-0.39, 0.29) is 0 Å². The first-order valence-corrected chi connectivity index (χ1v) is 11.0. The number of hydrogen-bond acceptors (Lipinski definition) is 3. The number of likely N-dealkylation sites (tertiary alicyclic amines) is 1. The molecule has 0 aromatic heterocycles. The molecule has 1 unspecified atom stereocenters. The standard InChI is InChI=1S/C21H43N5/c1-5-10-21(3)11-9-14-26(19-21)20(22-4)23-12-7-8-13-25-17-15-24(6-2)16-18-25/h5-19H2,1-4H3,(H,22,23). The van der Waals surface area contributed by atoms with E-state index >= 15 is 0 Å². The zero-order valence-corrected chi connectivity index (χ0v) is 17.9. The monoisotopic (exact) mass is 365 g/mol. The van der Waals surface area contributed by atoms with E-state index in [1.165, 1.54) is 77.8 Å². The summed E-state index contributed by atoms with van der Waals surface area (Å²) in [4.78, 5) is 12.2.